The fourth-order valence-electron chi connectivity index (χ4n) is 6.11. The summed E-state index contributed by atoms with van der Waals surface area (Å²) in [5.74, 6) is 1.35. The van der Waals surface area contributed by atoms with E-state index in [1.165, 1.54) is 31.9 Å². The van der Waals surface area contributed by atoms with Crippen LogP contribution in [-0.4, -0.2) is 80.7 Å². The van der Waals surface area contributed by atoms with Crippen LogP contribution in [0.15, 0.2) is 21.8 Å². The molecule has 0 radical (unpaired) electrons. The highest BCUT2D eigenvalue weighted by molar-refractivity contribution is 14.0. The molecule has 174 valence electrons. The molecule has 1 aromatic heterocycles. The number of hydrogen-bond acceptors (Lipinski definition) is 6. The lowest BCUT2D eigenvalue weighted by molar-refractivity contribution is -0.125. The standard InChI is InChI=1S/C20H31N5O4S.HI/c1-21-19(22-17-16-5-12-28-18(16)20(17)6-2-3-7-20)24-8-10-25(11-9-24)30(26,27)14-15-4-13-29-23-15;/h4,13,16-18H,2-3,5-12,14H2,1H3,(H,21,22);1H. The average molecular weight is 565 g/mol. The van der Waals surface area contributed by atoms with Crippen LogP contribution in [0.25, 0.3) is 0 Å². The third-order valence-electron chi connectivity index (χ3n) is 7.54. The monoisotopic (exact) mass is 565 g/mol. The van der Waals surface area contributed by atoms with E-state index in [2.05, 4.69) is 20.4 Å². The van der Waals surface area contributed by atoms with E-state index >= 15 is 0 Å². The van der Waals surface area contributed by atoms with E-state index in [4.69, 9.17) is 9.26 Å². The van der Waals surface area contributed by atoms with Gasteiger partial charge in [0.1, 0.15) is 12.0 Å². The SMILES string of the molecule is CN=C(NC1C2CCOC2C12CCCC2)N1CCN(S(=O)(=O)Cc2ccon2)CC1.I. The van der Waals surface area contributed by atoms with Crippen molar-refractivity contribution in [2.45, 2.75) is 50.0 Å². The highest BCUT2D eigenvalue weighted by Crippen LogP contribution is 2.60. The van der Waals surface area contributed by atoms with Crippen LogP contribution in [-0.2, 0) is 20.5 Å². The Kier molecular flexibility index (Phi) is 6.86. The van der Waals surface area contributed by atoms with Gasteiger partial charge in [-0.2, -0.15) is 4.31 Å². The van der Waals surface area contributed by atoms with E-state index in [9.17, 15) is 8.42 Å². The molecule has 1 N–H and O–H groups in total. The largest absolute Gasteiger partial charge is 0.377 e. The van der Waals surface area contributed by atoms with E-state index in [0.717, 1.165) is 19.0 Å². The van der Waals surface area contributed by atoms with E-state index in [1.807, 2.05) is 7.05 Å². The Morgan fingerprint density at radius 3 is 2.68 bits per heavy atom. The van der Waals surface area contributed by atoms with Crippen LogP contribution in [0.4, 0.5) is 0 Å². The van der Waals surface area contributed by atoms with Crippen molar-refractivity contribution in [3.8, 4) is 0 Å². The molecular formula is C20H32IN5O4S. The molecule has 1 aromatic rings. The molecule has 31 heavy (non-hydrogen) atoms. The molecule has 2 saturated heterocycles. The Labute approximate surface area is 201 Å². The topological polar surface area (TPSA) is 100 Å². The van der Waals surface area contributed by atoms with E-state index in [1.54, 1.807) is 10.4 Å². The number of rotatable bonds is 4. The van der Waals surface area contributed by atoms with Gasteiger partial charge in [-0.05, 0) is 19.3 Å². The summed E-state index contributed by atoms with van der Waals surface area (Å²) >= 11 is 0. The van der Waals surface area contributed by atoms with Crippen LogP contribution in [0.5, 0.6) is 0 Å². The Hall–Kier alpha value is -0.920. The first-order chi connectivity index (χ1) is 14.5. The molecule has 1 spiro atoms. The highest BCUT2D eigenvalue weighted by atomic mass is 127. The van der Waals surface area contributed by atoms with Crippen molar-refractivity contribution in [3.05, 3.63) is 18.0 Å². The first kappa shape index (κ1) is 23.2. The molecule has 0 bridgehead atoms. The zero-order valence-electron chi connectivity index (χ0n) is 17.9. The van der Waals surface area contributed by atoms with E-state index in [0.29, 0.717) is 49.9 Å². The second-order valence-electron chi connectivity index (χ2n) is 8.99. The Balaban J connectivity index is 0.00000231. The fraction of sp³-hybridized carbons (Fsp3) is 0.800. The number of nitrogens with one attached hydrogen (secondary N) is 1. The maximum atomic E-state index is 12.7. The molecule has 4 fully saturated rings. The minimum atomic E-state index is -3.40. The number of aliphatic imine (C=N–C) groups is 1. The Morgan fingerprint density at radius 1 is 1.29 bits per heavy atom. The van der Waals surface area contributed by atoms with Crippen LogP contribution < -0.4 is 5.32 Å². The maximum Gasteiger partial charge on any atom is 0.220 e. The molecule has 4 aliphatic rings. The predicted molar refractivity (Wildman–Crippen MR) is 127 cm³/mol. The fourth-order valence-corrected chi connectivity index (χ4v) is 7.53. The number of aromatic nitrogens is 1. The summed E-state index contributed by atoms with van der Waals surface area (Å²) < 4.78 is 37.8. The van der Waals surface area contributed by atoms with Crippen molar-refractivity contribution in [1.29, 1.82) is 0 Å². The van der Waals surface area contributed by atoms with Crippen molar-refractivity contribution >= 4 is 40.0 Å². The summed E-state index contributed by atoms with van der Waals surface area (Å²) in [4.78, 5) is 6.74. The molecule has 3 atom stereocenters. The molecule has 0 amide bonds. The van der Waals surface area contributed by atoms with Crippen molar-refractivity contribution in [1.82, 2.24) is 19.7 Å². The number of hydrogen-bond donors (Lipinski definition) is 1. The van der Waals surface area contributed by atoms with Crippen LogP contribution >= 0.6 is 24.0 Å². The van der Waals surface area contributed by atoms with Crippen LogP contribution in [0.2, 0.25) is 0 Å². The second-order valence-corrected chi connectivity index (χ2v) is 11.0. The van der Waals surface area contributed by atoms with Gasteiger partial charge in [-0.15, -0.1) is 24.0 Å². The molecule has 2 aliphatic heterocycles. The molecule has 3 heterocycles. The number of nitrogens with zero attached hydrogens (tertiary/aromatic N) is 4. The first-order valence-corrected chi connectivity index (χ1v) is 12.6. The first-order valence-electron chi connectivity index (χ1n) is 11.0. The van der Waals surface area contributed by atoms with Crippen molar-refractivity contribution < 1.29 is 17.7 Å². The minimum absolute atomic E-state index is 0. The third kappa shape index (κ3) is 4.10. The summed E-state index contributed by atoms with van der Waals surface area (Å²) in [6.07, 6.45) is 7.96. The van der Waals surface area contributed by atoms with Gasteiger partial charge in [-0.25, -0.2) is 8.42 Å². The third-order valence-corrected chi connectivity index (χ3v) is 9.35. The van der Waals surface area contributed by atoms with Gasteiger partial charge in [0, 0.05) is 63.3 Å². The number of fused-ring (bicyclic) bond motifs is 2. The molecule has 11 heteroatoms. The lowest BCUT2D eigenvalue weighted by atomic mass is 9.54. The summed E-state index contributed by atoms with van der Waals surface area (Å²) in [5, 5.41) is 7.50. The molecule has 2 aliphatic carbocycles. The van der Waals surface area contributed by atoms with Gasteiger partial charge >= 0.3 is 0 Å². The smallest absolute Gasteiger partial charge is 0.220 e. The van der Waals surface area contributed by atoms with Gasteiger partial charge < -0.3 is 19.5 Å². The van der Waals surface area contributed by atoms with E-state index < -0.39 is 10.0 Å². The molecular weight excluding hydrogens is 533 g/mol. The van der Waals surface area contributed by atoms with Crippen molar-refractivity contribution in [2.24, 2.45) is 16.3 Å². The summed E-state index contributed by atoms with van der Waals surface area (Å²) in [6.45, 7) is 3.03. The number of piperazine rings is 1. The van der Waals surface area contributed by atoms with Gasteiger partial charge in [0.25, 0.3) is 0 Å². The summed E-state index contributed by atoms with van der Waals surface area (Å²) in [6, 6.07) is 2.01. The molecule has 3 unspecified atom stereocenters. The molecule has 0 aromatic carbocycles. The number of halogens is 1. The van der Waals surface area contributed by atoms with Crippen molar-refractivity contribution in [3.63, 3.8) is 0 Å². The zero-order valence-corrected chi connectivity index (χ0v) is 21.1. The lowest BCUT2D eigenvalue weighted by Crippen LogP contribution is -2.70. The Bertz CT molecular complexity index is 879. The molecule has 9 nitrogen and oxygen atoms in total. The van der Waals surface area contributed by atoms with Crippen LogP contribution in [0.1, 0.15) is 37.8 Å². The van der Waals surface area contributed by atoms with Gasteiger partial charge in [0.05, 0.1) is 11.8 Å². The quantitative estimate of drug-likeness (QED) is 0.337. The number of guanidine groups is 1. The molecule has 2 saturated carbocycles. The van der Waals surface area contributed by atoms with Gasteiger partial charge in [-0.3, -0.25) is 4.99 Å². The van der Waals surface area contributed by atoms with E-state index in [-0.39, 0.29) is 35.1 Å². The molecule has 5 rings (SSSR count). The van der Waals surface area contributed by atoms with Crippen LogP contribution in [0.3, 0.4) is 0 Å². The minimum Gasteiger partial charge on any atom is -0.377 e. The van der Waals surface area contributed by atoms with Crippen LogP contribution in [0, 0.1) is 11.3 Å². The maximum absolute atomic E-state index is 12.7. The average Bonchev–Trinajstić information content (AvgIpc) is 3.50. The second kappa shape index (κ2) is 9.14. The van der Waals surface area contributed by atoms with Gasteiger partial charge in [-0.1, -0.05) is 18.0 Å². The highest BCUT2D eigenvalue weighted by Gasteiger charge is 2.65. The van der Waals surface area contributed by atoms with Gasteiger partial charge in [0.2, 0.25) is 10.0 Å². The number of sulfonamides is 1. The van der Waals surface area contributed by atoms with Crippen molar-refractivity contribution in [2.75, 3.05) is 39.8 Å². The number of ether oxygens (including phenoxy) is 1. The zero-order chi connectivity index (χ0) is 20.8. The Morgan fingerprint density at radius 2 is 2.03 bits per heavy atom. The summed E-state index contributed by atoms with van der Waals surface area (Å²) in [5.41, 5.74) is 0.704. The summed E-state index contributed by atoms with van der Waals surface area (Å²) in [7, 11) is -1.58. The normalized spacial score (nSPS) is 30.7. The van der Waals surface area contributed by atoms with Gasteiger partial charge in [0.15, 0.2) is 5.96 Å². The predicted octanol–water partition coefficient (Wildman–Crippen LogP) is 1.66. The lowest BCUT2D eigenvalue weighted by Gasteiger charge is -2.57.